The summed E-state index contributed by atoms with van der Waals surface area (Å²) in [6, 6.07) is 19.4. The highest BCUT2D eigenvalue weighted by atomic mass is 16.7. The van der Waals surface area contributed by atoms with Gasteiger partial charge in [-0.2, -0.15) is 0 Å². The molecule has 0 spiro atoms. The van der Waals surface area contributed by atoms with E-state index in [0.717, 1.165) is 11.1 Å². The van der Waals surface area contributed by atoms with Crippen LogP contribution in [0.3, 0.4) is 0 Å². The van der Waals surface area contributed by atoms with E-state index in [4.69, 9.17) is 28.4 Å². The van der Waals surface area contributed by atoms with Crippen molar-refractivity contribution >= 4 is 11.9 Å². The number of hydrogen-bond acceptors (Lipinski definition) is 8. The molecular weight excluding hydrogens is 476 g/mol. The molecule has 0 bridgehead atoms. The van der Waals surface area contributed by atoms with Crippen LogP contribution in [0.1, 0.15) is 36.8 Å². The Hall–Kier alpha value is -3.04. The Kier molecular flexibility index (Phi) is 10.3. The number of hydrogen-bond donors (Lipinski definition) is 0. The average molecular weight is 511 g/mol. The molecule has 1 saturated heterocycles. The maximum absolute atomic E-state index is 12.8. The van der Waals surface area contributed by atoms with Crippen LogP contribution >= 0.6 is 0 Å². The summed E-state index contributed by atoms with van der Waals surface area (Å²) in [4.78, 5) is 25.1. The summed E-state index contributed by atoms with van der Waals surface area (Å²) < 4.78 is 35.9. The van der Waals surface area contributed by atoms with Crippen molar-refractivity contribution in [3.05, 3.63) is 83.9 Å². The maximum Gasteiger partial charge on any atom is 0.306 e. The molecule has 2 aromatic rings. The SMILES string of the molecule is CO[C@H]1O[C@@H]2COC(=O)CC/C=C/CCC(=O)O[C@H]2[C@H](OCc2ccccc2)[C@H]1OCc1ccccc1. The average Bonchev–Trinajstić information content (AvgIpc) is 2.94. The summed E-state index contributed by atoms with van der Waals surface area (Å²) in [5.74, 6) is -0.740. The third-order valence-electron chi connectivity index (χ3n) is 6.27. The van der Waals surface area contributed by atoms with Crippen LogP contribution in [-0.2, 0) is 51.2 Å². The summed E-state index contributed by atoms with van der Waals surface area (Å²) in [5, 5.41) is 0. The Morgan fingerprint density at radius 2 is 1.35 bits per heavy atom. The van der Waals surface area contributed by atoms with E-state index in [1.807, 2.05) is 72.8 Å². The van der Waals surface area contributed by atoms with Gasteiger partial charge in [-0.1, -0.05) is 72.8 Å². The highest BCUT2D eigenvalue weighted by Crippen LogP contribution is 2.31. The minimum Gasteiger partial charge on any atom is -0.463 e. The van der Waals surface area contributed by atoms with Gasteiger partial charge in [-0.15, -0.1) is 0 Å². The van der Waals surface area contributed by atoms with Crippen molar-refractivity contribution in [1.29, 1.82) is 0 Å². The van der Waals surface area contributed by atoms with Gasteiger partial charge in [0.15, 0.2) is 12.4 Å². The Labute approximate surface area is 217 Å². The van der Waals surface area contributed by atoms with Crippen LogP contribution in [0.4, 0.5) is 0 Å². The summed E-state index contributed by atoms with van der Waals surface area (Å²) in [5.41, 5.74) is 1.92. The summed E-state index contributed by atoms with van der Waals surface area (Å²) in [6.07, 6.45) is 1.29. The molecule has 0 aliphatic carbocycles. The van der Waals surface area contributed by atoms with Gasteiger partial charge in [-0.05, 0) is 24.0 Å². The number of methoxy groups -OCH3 is 1. The van der Waals surface area contributed by atoms with Crippen molar-refractivity contribution in [2.45, 2.75) is 69.6 Å². The maximum atomic E-state index is 12.8. The molecule has 4 rings (SSSR count). The Morgan fingerprint density at radius 3 is 1.95 bits per heavy atom. The highest BCUT2D eigenvalue weighted by Gasteiger charge is 2.50. The molecule has 2 aromatic carbocycles. The lowest BCUT2D eigenvalue weighted by molar-refractivity contribution is -0.316. The van der Waals surface area contributed by atoms with E-state index in [-0.39, 0.29) is 44.6 Å². The summed E-state index contributed by atoms with van der Waals surface area (Å²) in [6.45, 7) is 0.443. The van der Waals surface area contributed by atoms with Gasteiger partial charge < -0.3 is 28.4 Å². The molecule has 8 nitrogen and oxygen atoms in total. The minimum atomic E-state index is -0.874. The van der Waals surface area contributed by atoms with E-state index in [9.17, 15) is 9.59 Å². The van der Waals surface area contributed by atoms with Gasteiger partial charge in [0.05, 0.1) is 13.2 Å². The van der Waals surface area contributed by atoms with Crippen molar-refractivity contribution in [2.75, 3.05) is 13.7 Å². The topological polar surface area (TPSA) is 89.5 Å². The number of carbonyl (C=O) groups excluding carboxylic acids is 2. The van der Waals surface area contributed by atoms with E-state index in [2.05, 4.69) is 0 Å². The monoisotopic (exact) mass is 510 g/mol. The lowest BCUT2D eigenvalue weighted by Gasteiger charge is -2.44. The van der Waals surface area contributed by atoms with Gasteiger partial charge >= 0.3 is 11.9 Å². The van der Waals surface area contributed by atoms with Gasteiger partial charge in [-0.3, -0.25) is 9.59 Å². The highest BCUT2D eigenvalue weighted by molar-refractivity contribution is 5.70. The fourth-order valence-corrected chi connectivity index (χ4v) is 4.34. The number of benzene rings is 2. The fraction of sp³-hybridized carbons (Fsp3) is 0.448. The smallest absolute Gasteiger partial charge is 0.306 e. The lowest BCUT2D eigenvalue weighted by Crippen LogP contribution is -2.62. The molecule has 0 saturated carbocycles. The molecular formula is C29H34O8. The Balaban J connectivity index is 1.60. The molecule has 37 heavy (non-hydrogen) atoms. The summed E-state index contributed by atoms with van der Waals surface area (Å²) in [7, 11) is 1.52. The quantitative estimate of drug-likeness (QED) is 0.406. The number of cyclic esters (lactones) is 1. The van der Waals surface area contributed by atoms with Gasteiger partial charge in [0.25, 0.3) is 0 Å². The van der Waals surface area contributed by atoms with Crippen molar-refractivity contribution in [2.24, 2.45) is 0 Å². The van der Waals surface area contributed by atoms with Crippen LogP contribution in [-0.4, -0.2) is 56.4 Å². The first kappa shape index (κ1) is 27.0. The van der Waals surface area contributed by atoms with Gasteiger partial charge in [0, 0.05) is 20.0 Å². The fourth-order valence-electron chi connectivity index (χ4n) is 4.34. The molecule has 1 fully saturated rings. The zero-order valence-corrected chi connectivity index (χ0v) is 21.0. The molecule has 2 aliphatic heterocycles. The van der Waals surface area contributed by atoms with E-state index < -0.39 is 30.7 Å². The molecule has 0 unspecified atom stereocenters. The van der Waals surface area contributed by atoms with Crippen molar-refractivity contribution in [3.8, 4) is 0 Å². The molecule has 8 heteroatoms. The predicted molar refractivity (Wildman–Crippen MR) is 134 cm³/mol. The van der Waals surface area contributed by atoms with Gasteiger partial charge in [0.2, 0.25) is 0 Å². The molecule has 0 amide bonds. The van der Waals surface area contributed by atoms with E-state index >= 15 is 0 Å². The number of fused-ring (bicyclic) bond motifs is 1. The van der Waals surface area contributed by atoms with Crippen LogP contribution in [0, 0.1) is 0 Å². The summed E-state index contributed by atoms with van der Waals surface area (Å²) >= 11 is 0. The first-order valence-electron chi connectivity index (χ1n) is 12.6. The van der Waals surface area contributed by atoms with Crippen LogP contribution in [0.15, 0.2) is 72.8 Å². The number of carbonyl (C=O) groups is 2. The second kappa shape index (κ2) is 14.0. The largest absolute Gasteiger partial charge is 0.463 e. The zero-order chi connectivity index (χ0) is 25.9. The second-order valence-electron chi connectivity index (χ2n) is 8.99. The van der Waals surface area contributed by atoms with E-state index in [1.165, 1.54) is 7.11 Å². The second-order valence-corrected chi connectivity index (χ2v) is 8.99. The van der Waals surface area contributed by atoms with E-state index in [1.54, 1.807) is 0 Å². The molecule has 2 aliphatic rings. The van der Waals surface area contributed by atoms with Crippen LogP contribution in [0.2, 0.25) is 0 Å². The number of esters is 2. The number of allylic oxidation sites excluding steroid dienone is 2. The molecule has 198 valence electrons. The Bertz CT molecular complexity index is 1010. The standard InChI is InChI=1S/C29H34O8/c1-32-29-28(35-19-22-14-8-5-9-15-22)27(34-18-21-12-6-4-7-13-21)26-23(36-29)20-33-24(30)16-10-2-3-11-17-25(31)37-26/h2-9,12-15,23,26-29H,10-11,16-20H2,1H3/b3-2+/t23-,26-,27+,28-,29+/m1/s1. The van der Waals surface area contributed by atoms with Crippen LogP contribution in [0.25, 0.3) is 0 Å². The molecule has 0 N–H and O–H groups in total. The first-order valence-corrected chi connectivity index (χ1v) is 12.6. The normalized spacial score (nSPS) is 28.0. The molecule has 5 atom stereocenters. The number of rotatable bonds is 7. The Morgan fingerprint density at radius 1 is 0.784 bits per heavy atom. The minimum absolute atomic E-state index is 0.100. The molecule has 0 radical (unpaired) electrons. The van der Waals surface area contributed by atoms with Gasteiger partial charge in [-0.25, -0.2) is 0 Å². The predicted octanol–water partition coefficient (Wildman–Crippen LogP) is 4.11. The zero-order valence-electron chi connectivity index (χ0n) is 21.0. The van der Waals surface area contributed by atoms with Gasteiger partial charge in [0.1, 0.15) is 24.9 Å². The lowest BCUT2D eigenvalue weighted by atomic mass is 9.98. The van der Waals surface area contributed by atoms with E-state index in [0.29, 0.717) is 12.8 Å². The van der Waals surface area contributed by atoms with Crippen LogP contribution in [0.5, 0.6) is 0 Å². The number of ether oxygens (including phenoxy) is 6. The molecule has 0 aromatic heterocycles. The third-order valence-corrected chi connectivity index (χ3v) is 6.27. The van der Waals surface area contributed by atoms with Crippen molar-refractivity contribution in [1.82, 2.24) is 0 Å². The van der Waals surface area contributed by atoms with Crippen molar-refractivity contribution in [3.63, 3.8) is 0 Å². The third kappa shape index (κ3) is 7.97. The van der Waals surface area contributed by atoms with Crippen molar-refractivity contribution < 1.29 is 38.0 Å². The first-order chi connectivity index (χ1) is 18.1. The van der Waals surface area contributed by atoms with Crippen LogP contribution < -0.4 is 0 Å². The molecule has 2 heterocycles.